The summed E-state index contributed by atoms with van der Waals surface area (Å²) >= 11 is 0. The Morgan fingerprint density at radius 3 is 2.19 bits per heavy atom. The van der Waals surface area contributed by atoms with E-state index in [1.54, 1.807) is 30.3 Å². The number of benzene rings is 1. The van der Waals surface area contributed by atoms with Crippen molar-refractivity contribution in [2.45, 2.75) is 12.1 Å². The number of amides is 1. The van der Waals surface area contributed by atoms with E-state index in [-0.39, 0.29) is 0 Å². The van der Waals surface area contributed by atoms with Crippen molar-refractivity contribution in [2.75, 3.05) is 5.32 Å². The van der Waals surface area contributed by atoms with Gasteiger partial charge in [-0.25, -0.2) is 0 Å². The highest BCUT2D eigenvalue weighted by molar-refractivity contribution is 5.98. The molecule has 1 aromatic carbocycles. The second-order valence-electron chi connectivity index (χ2n) is 3.25. The molecule has 0 fully saturated rings. The highest BCUT2D eigenvalue weighted by Gasteiger charge is 2.26. The lowest BCUT2D eigenvalue weighted by Crippen LogP contribution is -2.53. The number of nitrogens with one attached hydrogen (secondary N) is 1. The van der Waals surface area contributed by atoms with Gasteiger partial charge in [0.05, 0.1) is 0 Å². The minimum Gasteiger partial charge on any atom is -0.480 e. The number of anilines is 1. The molecule has 0 aliphatic heterocycles. The molecule has 0 saturated carbocycles. The Labute approximate surface area is 92.2 Å². The normalized spacial score (nSPS) is 13.9. The van der Waals surface area contributed by atoms with E-state index in [2.05, 4.69) is 5.32 Å². The first kappa shape index (κ1) is 12.2. The molecule has 6 nitrogen and oxygen atoms in total. The van der Waals surface area contributed by atoms with E-state index in [1.807, 2.05) is 0 Å². The molecule has 1 amide bonds. The first-order chi connectivity index (χ1) is 7.52. The molecule has 6 heteroatoms. The number of rotatable bonds is 4. The van der Waals surface area contributed by atoms with Gasteiger partial charge in [-0.3, -0.25) is 9.59 Å². The van der Waals surface area contributed by atoms with Crippen LogP contribution in [0, 0.1) is 0 Å². The van der Waals surface area contributed by atoms with Crippen LogP contribution in [0.3, 0.4) is 0 Å². The molecule has 0 radical (unpaired) electrons. The minimum atomic E-state index is -1.41. The van der Waals surface area contributed by atoms with Crippen molar-refractivity contribution in [2.24, 2.45) is 11.5 Å². The van der Waals surface area contributed by atoms with Crippen LogP contribution in [0.1, 0.15) is 0 Å². The SMILES string of the molecule is NC(C(=O)O)C(N)C(=O)Nc1ccccc1. The Kier molecular flexibility index (Phi) is 3.98. The first-order valence-electron chi connectivity index (χ1n) is 4.62. The minimum absolute atomic E-state index is 0.542. The van der Waals surface area contributed by atoms with Crippen molar-refractivity contribution in [1.29, 1.82) is 0 Å². The molecule has 1 aromatic rings. The van der Waals surface area contributed by atoms with E-state index < -0.39 is 24.0 Å². The fourth-order valence-corrected chi connectivity index (χ4v) is 1.06. The smallest absolute Gasteiger partial charge is 0.322 e. The molecule has 0 saturated heterocycles. The summed E-state index contributed by atoms with van der Waals surface area (Å²) in [4.78, 5) is 22.0. The van der Waals surface area contributed by atoms with Crippen molar-refractivity contribution in [3.05, 3.63) is 30.3 Å². The van der Waals surface area contributed by atoms with Crippen LogP contribution in [0.2, 0.25) is 0 Å². The topological polar surface area (TPSA) is 118 Å². The van der Waals surface area contributed by atoms with E-state index in [1.165, 1.54) is 0 Å². The summed E-state index contributed by atoms with van der Waals surface area (Å²) in [6.07, 6.45) is 0. The largest absolute Gasteiger partial charge is 0.480 e. The van der Waals surface area contributed by atoms with Gasteiger partial charge in [0.2, 0.25) is 5.91 Å². The number of carbonyl (C=O) groups is 2. The molecule has 1 rings (SSSR count). The van der Waals surface area contributed by atoms with Gasteiger partial charge in [0.1, 0.15) is 12.1 Å². The highest BCUT2D eigenvalue weighted by atomic mass is 16.4. The average molecular weight is 223 g/mol. The van der Waals surface area contributed by atoms with Gasteiger partial charge in [-0.1, -0.05) is 18.2 Å². The number of hydrogen-bond donors (Lipinski definition) is 4. The molecule has 6 N–H and O–H groups in total. The third-order valence-corrected chi connectivity index (χ3v) is 2.02. The number of aliphatic carboxylic acids is 1. The van der Waals surface area contributed by atoms with Crippen LogP contribution in [0.15, 0.2) is 30.3 Å². The zero-order chi connectivity index (χ0) is 12.1. The van der Waals surface area contributed by atoms with Gasteiger partial charge in [0.25, 0.3) is 0 Å². The van der Waals surface area contributed by atoms with Gasteiger partial charge in [-0.05, 0) is 12.1 Å². The quantitative estimate of drug-likeness (QED) is 0.541. The van der Waals surface area contributed by atoms with Crippen molar-refractivity contribution >= 4 is 17.6 Å². The number of hydrogen-bond acceptors (Lipinski definition) is 4. The fraction of sp³-hybridized carbons (Fsp3) is 0.200. The summed E-state index contributed by atoms with van der Waals surface area (Å²) in [7, 11) is 0. The molecule has 16 heavy (non-hydrogen) atoms. The second-order valence-corrected chi connectivity index (χ2v) is 3.25. The van der Waals surface area contributed by atoms with Crippen molar-refractivity contribution in [3.8, 4) is 0 Å². The third-order valence-electron chi connectivity index (χ3n) is 2.02. The Morgan fingerprint density at radius 2 is 1.69 bits per heavy atom. The molecule has 0 bridgehead atoms. The maximum Gasteiger partial charge on any atom is 0.322 e. The van der Waals surface area contributed by atoms with Gasteiger partial charge >= 0.3 is 5.97 Å². The lowest BCUT2D eigenvalue weighted by Gasteiger charge is -2.15. The highest BCUT2D eigenvalue weighted by Crippen LogP contribution is 2.05. The van der Waals surface area contributed by atoms with Crippen LogP contribution < -0.4 is 16.8 Å². The number of nitrogens with two attached hydrogens (primary N) is 2. The van der Waals surface area contributed by atoms with Crippen molar-refractivity contribution in [3.63, 3.8) is 0 Å². The van der Waals surface area contributed by atoms with E-state index in [0.717, 1.165) is 0 Å². The molecule has 0 heterocycles. The summed E-state index contributed by atoms with van der Waals surface area (Å²) in [5.74, 6) is -1.93. The standard InChI is InChI=1S/C10H13N3O3/c11-7(8(12)10(15)16)9(14)13-6-4-2-1-3-5-6/h1-5,7-8H,11-12H2,(H,13,14)(H,15,16). The predicted octanol–water partition coefficient (Wildman–Crippen LogP) is -0.636. The Hall–Kier alpha value is -1.92. The number of carbonyl (C=O) groups excluding carboxylic acids is 1. The van der Waals surface area contributed by atoms with E-state index in [4.69, 9.17) is 16.6 Å². The van der Waals surface area contributed by atoms with Gasteiger partial charge in [0.15, 0.2) is 0 Å². The monoisotopic (exact) mass is 223 g/mol. The predicted molar refractivity (Wildman–Crippen MR) is 58.7 cm³/mol. The Bertz CT molecular complexity index is 380. The summed E-state index contributed by atoms with van der Waals surface area (Å²) in [6.45, 7) is 0. The number of para-hydroxylation sites is 1. The summed E-state index contributed by atoms with van der Waals surface area (Å²) in [5.41, 5.74) is 11.2. The van der Waals surface area contributed by atoms with E-state index in [9.17, 15) is 9.59 Å². The lowest BCUT2D eigenvalue weighted by atomic mass is 10.1. The van der Waals surface area contributed by atoms with Crippen molar-refractivity contribution in [1.82, 2.24) is 0 Å². The van der Waals surface area contributed by atoms with E-state index in [0.29, 0.717) is 5.69 Å². The molecule has 86 valence electrons. The van der Waals surface area contributed by atoms with Crippen LogP contribution in [-0.4, -0.2) is 29.1 Å². The number of carboxylic acid groups (broad SMARTS) is 1. The van der Waals surface area contributed by atoms with Crippen LogP contribution >= 0.6 is 0 Å². The summed E-state index contributed by atoms with van der Waals surface area (Å²) < 4.78 is 0. The second kappa shape index (κ2) is 5.24. The summed E-state index contributed by atoms with van der Waals surface area (Å²) in [5, 5.41) is 11.1. The lowest BCUT2D eigenvalue weighted by molar-refractivity contribution is -0.140. The van der Waals surface area contributed by atoms with Crippen LogP contribution in [0.25, 0.3) is 0 Å². The van der Waals surface area contributed by atoms with Crippen LogP contribution in [0.5, 0.6) is 0 Å². The van der Waals surface area contributed by atoms with Gasteiger partial charge in [0, 0.05) is 5.69 Å². The molecular formula is C10H13N3O3. The molecule has 2 atom stereocenters. The maximum absolute atomic E-state index is 11.5. The fourth-order valence-electron chi connectivity index (χ4n) is 1.06. The van der Waals surface area contributed by atoms with E-state index >= 15 is 0 Å². The zero-order valence-electron chi connectivity index (χ0n) is 8.46. The molecule has 0 aromatic heterocycles. The molecule has 0 spiro atoms. The zero-order valence-corrected chi connectivity index (χ0v) is 8.46. The molecule has 0 aliphatic carbocycles. The third kappa shape index (κ3) is 3.04. The number of carboxylic acids is 1. The van der Waals surface area contributed by atoms with Crippen LogP contribution in [0.4, 0.5) is 5.69 Å². The average Bonchev–Trinajstić information content (AvgIpc) is 2.28. The Morgan fingerprint density at radius 1 is 1.12 bits per heavy atom. The van der Waals surface area contributed by atoms with Gasteiger partial charge < -0.3 is 21.9 Å². The maximum atomic E-state index is 11.5. The molecular weight excluding hydrogens is 210 g/mol. The molecule has 2 unspecified atom stereocenters. The molecule has 0 aliphatic rings. The van der Waals surface area contributed by atoms with Gasteiger partial charge in [-0.15, -0.1) is 0 Å². The van der Waals surface area contributed by atoms with Gasteiger partial charge in [-0.2, -0.15) is 0 Å². The van der Waals surface area contributed by atoms with Crippen molar-refractivity contribution < 1.29 is 14.7 Å². The first-order valence-corrected chi connectivity index (χ1v) is 4.62. The van der Waals surface area contributed by atoms with Crippen LogP contribution in [-0.2, 0) is 9.59 Å². The summed E-state index contributed by atoms with van der Waals surface area (Å²) in [6, 6.07) is 5.89. The Balaban J connectivity index is 2.63.